The molecule has 0 saturated heterocycles. The molecule has 1 N–H and O–H groups in total. The van der Waals surface area contributed by atoms with E-state index in [-0.39, 0.29) is 0 Å². The van der Waals surface area contributed by atoms with Gasteiger partial charge in [0, 0.05) is 37.5 Å². The number of nitrogens with one attached hydrogen (secondary N) is 1. The summed E-state index contributed by atoms with van der Waals surface area (Å²) in [4.78, 5) is 8.58. The molecule has 1 aromatic rings. The maximum Gasteiger partial charge on any atom is 0.185 e. The third kappa shape index (κ3) is 4.41. The predicted octanol–water partition coefficient (Wildman–Crippen LogP) is 2.99. The highest BCUT2D eigenvalue weighted by Gasteiger charge is 2.30. The van der Waals surface area contributed by atoms with Gasteiger partial charge in [-0.1, -0.05) is 6.92 Å². The third-order valence-corrected chi connectivity index (χ3v) is 5.35. The van der Waals surface area contributed by atoms with Gasteiger partial charge in [0.05, 0.1) is 12.3 Å². The molecule has 0 aliphatic heterocycles. The Morgan fingerprint density at radius 1 is 1.33 bits per heavy atom. The van der Waals surface area contributed by atoms with Gasteiger partial charge < -0.3 is 15.0 Å². The van der Waals surface area contributed by atoms with Crippen LogP contribution in [0.15, 0.2) is 0 Å². The molecule has 0 bridgehead atoms. The van der Waals surface area contributed by atoms with Crippen LogP contribution in [0.4, 0.5) is 5.13 Å². The lowest BCUT2D eigenvalue weighted by atomic mass is 10.2. The number of anilines is 1. The Morgan fingerprint density at radius 2 is 2.14 bits per heavy atom. The first-order chi connectivity index (χ1) is 10.3. The molecule has 4 nitrogen and oxygen atoms in total. The van der Waals surface area contributed by atoms with Crippen molar-refractivity contribution in [2.24, 2.45) is 5.92 Å². The molecular weight excluding hydrogens is 282 g/mol. The summed E-state index contributed by atoms with van der Waals surface area (Å²) in [5, 5.41) is 4.59. The minimum absolute atomic E-state index is 0.725. The summed E-state index contributed by atoms with van der Waals surface area (Å²) in [5.41, 5.74) is 1.35. The van der Waals surface area contributed by atoms with Crippen molar-refractivity contribution in [1.82, 2.24) is 10.3 Å². The number of thiazole rings is 1. The zero-order valence-electron chi connectivity index (χ0n) is 13.2. The van der Waals surface area contributed by atoms with Crippen LogP contribution in [0.1, 0.15) is 49.1 Å². The van der Waals surface area contributed by atoms with Crippen LogP contribution in [-0.2, 0) is 11.3 Å². The van der Waals surface area contributed by atoms with Crippen LogP contribution < -0.4 is 10.2 Å². The van der Waals surface area contributed by atoms with Gasteiger partial charge in [0.1, 0.15) is 0 Å². The van der Waals surface area contributed by atoms with Crippen LogP contribution in [0.3, 0.4) is 0 Å². The first kappa shape index (κ1) is 15.3. The first-order valence-corrected chi connectivity index (χ1v) is 9.08. The molecule has 1 heterocycles. The average molecular weight is 309 g/mol. The number of nitrogens with zero attached hydrogens (tertiary/aromatic N) is 2. The Kier molecular flexibility index (Phi) is 5.14. The molecule has 2 fully saturated rings. The molecule has 2 aliphatic carbocycles. The van der Waals surface area contributed by atoms with E-state index in [1.54, 1.807) is 0 Å². The average Bonchev–Trinajstić information content (AvgIpc) is 3.40. The van der Waals surface area contributed by atoms with E-state index < -0.39 is 0 Å². The zero-order chi connectivity index (χ0) is 14.7. The van der Waals surface area contributed by atoms with Crippen molar-refractivity contribution in [3.63, 3.8) is 0 Å². The molecule has 5 heteroatoms. The van der Waals surface area contributed by atoms with Gasteiger partial charge >= 0.3 is 0 Å². The van der Waals surface area contributed by atoms with Crippen molar-refractivity contribution in [3.05, 3.63) is 10.6 Å². The second kappa shape index (κ2) is 7.07. The molecule has 1 aromatic heterocycles. The van der Waals surface area contributed by atoms with Crippen molar-refractivity contribution >= 4 is 16.5 Å². The quantitative estimate of drug-likeness (QED) is 0.674. The van der Waals surface area contributed by atoms with Crippen LogP contribution in [0.5, 0.6) is 0 Å². The highest BCUT2D eigenvalue weighted by atomic mass is 32.1. The molecule has 3 rings (SSSR count). The molecule has 0 spiro atoms. The lowest BCUT2D eigenvalue weighted by molar-refractivity contribution is 0.131. The highest BCUT2D eigenvalue weighted by molar-refractivity contribution is 7.15. The van der Waals surface area contributed by atoms with E-state index in [0.717, 1.165) is 49.8 Å². The fraction of sp³-hybridized carbons (Fsp3) is 0.812. The molecule has 2 saturated carbocycles. The molecule has 0 aromatic carbocycles. The summed E-state index contributed by atoms with van der Waals surface area (Å²) in [6.45, 7) is 6.83. The van der Waals surface area contributed by atoms with Gasteiger partial charge in [0.25, 0.3) is 0 Å². The second-order valence-corrected chi connectivity index (χ2v) is 7.36. The normalized spacial score (nSPS) is 18.2. The Balaban J connectivity index is 1.52. The number of likely N-dealkylation sites (N-methyl/N-ethyl adjacent to an activating group) is 1. The van der Waals surface area contributed by atoms with E-state index in [9.17, 15) is 0 Å². The molecule has 0 unspecified atom stereocenters. The monoisotopic (exact) mass is 309 g/mol. The Labute approximate surface area is 131 Å². The highest BCUT2D eigenvalue weighted by Crippen LogP contribution is 2.44. The second-order valence-electron chi connectivity index (χ2n) is 6.30. The number of rotatable bonds is 10. The molecule has 0 radical (unpaired) electrons. The van der Waals surface area contributed by atoms with Gasteiger partial charge in [0.15, 0.2) is 5.13 Å². The third-order valence-electron chi connectivity index (χ3n) is 4.16. The van der Waals surface area contributed by atoms with Crippen molar-refractivity contribution in [1.29, 1.82) is 0 Å². The van der Waals surface area contributed by atoms with Crippen LogP contribution in [0.25, 0.3) is 0 Å². The summed E-state index contributed by atoms with van der Waals surface area (Å²) in [7, 11) is 2.13. The minimum Gasteiger partial charge on any atom is -0.379 e. The minimum atomic E-state index is 0.725. The van der Waals surface area contributed by atoms with Crippen molar-refractivity contribution in [3.8, 4) is 0 Å². The fourth-order valence-electron chi connectivity index (χ4n) is 2.39. The summed E-state index contributed by atoms with van der Waals surface area (Å²) in [6.07, 6.45) is 5.36. The van der Waals surface area contributed by atoms with E-state index in [4.69, 9.17) is 9.72 Å². The Bertz CT molecular complexity index is 454. The van der Waals surface area contributed by atoms with Gasteiger partial charge in [-0.3, -0.25) is 0 Å². The number of hydrogen-bond acceptors (Lipinski definition) is 5. The van der Waals surface area contributed by atoms with E-state index in [2.05, 4.69) is 24.2 Å². The largest absolute Gasteiger partial charge is 0.379 e. The van der Waals surface area contributed by atoms with Crippen molar-refractivity contribution in [2.75, 3.05) is 38.3 Å². The number of ether oxygens (including phenoxy) is 1. The topological polar surface area (TPSA) is 37.4 Å². The predicted molar refractivity (Wildman–Crippen MR) is 88.3 cm³/mol. The van der Waals surface area contributed by atoms with Gasteiger partial charge in [-0.2, -0.15) is 0 Å². The zero-order valence-corrected chi connectivity index (χ0v) is 14.0. The Morgan fingerprint density at radius 3 is 2.81 bits per heavy atom. The SMILES string of the molecule is CCNCc1sc(N(C)CCOCC2CC2)nc1C1CC1. The van der Waals surface area contributed by atoms with Crippen LogP contribution >= 0.6 is 11.3 Å². The van der Waals surface area contributed by atoms with E-state index in [0.29, 0.717) is 0 Å². The van der Waals surface area contributed by atoms with Crippen molar-refractivity contribution < 1.29 is 4.74 Å². The first-order valence-electron chi connectivity index (χ1n) is 8.27. The summed E-state index contributed by atoms with van der Waals surface area (Å²) >= 11 is 1.85. The lowest BCUT2D eigenvalue weighted by Gasteiger charge is -2.15. The van der Waals surface area contributed by atoms with Gasteiger partial charge in [-0.25, -0.2) is 4.98 Å². The van der Waals surface area contributed by atoms with E-state index in [1.807, 2.05) is 11.3 Å². The fourth-order valence-corrected chi connectivity index (χ4v) is 3.49. The maximum absolute atomic E-state index is 5.73. The van der Waals surface area contributed by atoms with Crippen LogP contribution in [-0.4, -0.2) is 38.3 Å². The smallest absolute Gasteiger partial charge is 0.185 e. The molecule has 0 atom stereocenters. The van der Waals surface area contributed by atoms with Crippen molar-refractivity contribution in [2.45, 2.75) is 45.1 Å². The van der Waals surface area contributed by atoms with Crippen LogP contribution in [0.2, 0.25) is 0 Å². The lowest BCUT2D eigenvalue weighted by Crippen LogP contribution is -2.22. The molecule has 2 aliphatic rings. The Hall–Kier alpha value is -0.650. The summed E-state index contributed by atoms with van der Waals surface area (Å²) in [6, 6.07) is 0. The van der Waals surface area contributed by atoms with Gasteiger partial charge in [-0.15, -0.1) is 11.3 Å². The molecule has 21 heavy (non-hydrogen) atoms. The van der Waals surface area contributed by atoms with Gasteiger partial charge in [-0.05, 0) is 38.1 Å². The standard InChI is InChI=1S/C16H27N3OS/c1-3-17-10-14-15(13-6-7-13)18-16(21-14)19(2)8-9-20-11-12-4-5-12/h12-13,17H,3-11H2,1-2H3. The van der Waals surface area contributed by atoms with Crippen LogP contribution in [0, 0.1) is 5.92 Å². The van der Waals surface area contributed by atoms with E-state index in [1.165, 1.54) is 36.3 Å². The molecule has 0 amide bonds. The molecule has 118 valence electrons. The maximum atomic E-state index is 5.73. The summed E-state index contributed by atoms with van der Waals surface area (Å²) in [5.74, 6) is 1.58. The number of aromatic nitrogens is 1. The van der Waals surface area contributed by atoms with Gasteiger partial charge in [0.2, 0.25) is 0 Å². The van der Waals surface area contributed by atoms with E-state index >= 15 is 0 Å². The molecular formula is C16H27N3OS. The summed E-state index contributed by atoms with van der Waals surface area (Å²) < 4.78 is 5.73. The number of hydrogen-bond donors (Lipinski definition) is 1.